The third-order valence-corrected chi connectivity index (χ3v) is 5.27. The Morgan fingerprint density at radius 3 is 1.93 bits per heavy atom. The van der Waals surface area contributed by atoms with Gasteiger partial charge in [-0.05, 0) is 50.3 Å². The fourth-order valence-corrected chi connectivity index (χ4v) is 4.11. The molecule has 1 fully saturated rings. The second-order valence-corrected chi connectivity index (χ2v) is 7.07. The minimum absolute atomic E-state index is 0.0929. The molecule has 8 heteroatoms. The van der Waals surface area contributed by atoms with Crippen LogP contribution in [0.15, 0.2) is 30.4 Å². The average molecular weight is 401 g/mol. The molecule has 4 atom stereocenters. The Kier molecular flexibility index (Phi) is 6.00. The zero-order chi connectivity index (χ0) is 21.1. The molecule has 0 spiro atoms. The number of carboxylic acids is 1. The molecular weight excluding hydrogens is 378 g/mol. The number of rotatable bonds is 7. The summed E-state index contributed by atoms with van der Waals surface area (Å²) >= 11 is 0. The van der Waals surface area contributed by atoms with Crippen LogP contribution in [-0.2, 0) is 19.1 Å². The number of carboxylic acid groups (broad SMARTS) is 1. The molecule has 3 rings (SSSR count). The number of ether oxygens (including phenoxy) is 2. The van der Waals surface area contributed by atoms with Gasteiger partial charge < -0.3 is 19.9 Å². The summed E-state index contributed by atoms with van der Waals surface area (Å²) in [6.07, 6.45) is 4.37. The lowest BCUT2D eigenvalue weighted by Gasteiger charge is -2.24. The number of hydrogen-bond donors (Lipinski definition) is 2. The van der Waals surface area contributed by atoms with Crippen molar-refractivity contribution in [3.8, 4) is 0 Å². The molecule has 29 heavy (non-hydrogen) atoms. The number of amides is 1. The zero-order valence-electron chi connectivity index (χ0n) is 16.2. The number of aliphatic carboxylic acids is 1. The van der Waals surface area contributed by atoms with Crippen molar-refractivity contribution in [3.63, 3.8) is 0 Å². The first-order chi connectivity index (χ1) is 13.8. The molecule has 2 N–H and O–H groups in total. The molecule has 2 aliphatic rings. The molecule has 0 heterocycles. The second-order valence-electron chi connectivity index (χ2n) is 7.07. The molecule has 0 saturated heterocycles. The smallest absolute Gasteiger partial charge is 0.338 e. The Morgan fingerprint density at radius 2 is 1.45 bits per heavy atom. The summed E-state index contributed by atoms with van der Waals surface area (Å²) in [5, 5.41) is 12.2. The van der Waals surface area contributed by atoms with E-state index in [-0.39, 0.29) is 41.9 Å². The fraction of sp³-hybridized carbons (Fsp3) is 0.429. The predicted molar refractivity (Wildman–Crippen MR) is 102 cm³/mol. The lowest BCUT2D eigenvalue weighted by atomic mass is 9.82. The van der Waals surface area contributed by atoms with Crippen molar-refractivity contribution in [3.05, 3.63) is 41.5 Å². The van der Waals surface area contributed by atoms with Crippen LogP contribution in [0, 0.1) is 23.7 Å². The first kappa shape index (κ1) is 20.6. The van der Waals surface area contributed by atoms with E-state index in [2.05, 4.69) is 5.32 Å². The molecule has 1 saturated carbocycles. The number of nitrogens with one attached hydrogen (secondary N) is 1. The number of esters is 2. The summed E-state index contributed by atoms with van der Waals surface area (Å²) in [5.74, 6) is -4.53. The lowest BCUT2D eigenvalue weighted by Crippen LogP contribution is -2.36. The molecule has 8 nitrogen and oxygen atoms in total. The summed E-state index contributed by atoms with van der Waals surface area (Å²) in [7, 11) is 0. The number of hydrogen-bond acceptors (Lipinski definition) is 6. The van der Waals surface area contributed by atoms with E-state index in [4.69, 9.17) is 9.47 Å². The maximum atomic E-state index is 12.9. The number of anilines is 1. The third kappa shape index (κ3) is 4.16. The second kappa shape index (κ2) is 8.46. The Balaban J connectivity index is 1.88. The quantitative estimate of drug-likeness (QED) is 0.532. The van der Waals surface area contributed by atoms with Crippen molar-refractivity contribution in [1.29, 1.82) is 0 Å². The van der Waals surface area contributed by atoms with Gasteiger partial charge in [0.2, 0.25) is 5.91 Å². The molecule has 154 valence electrons. The minimum atomic E-state index is -1.01. The van der Waals surface area contributed by atoms with Crippen LogP contribution in [0.5, 0.6) is 0 Å². The first-order valence-electron chi connectivity index (χ1n) is 9.57. The summed E-state index contributed by atoms with van der Waals surface area (Å²) in [5.41, 5.74) is 0.394. The SMILES string of the molecule is CCOC(=O)c1cc(NC(=O)[C@@H]2[C@@H](C(=O)O)[C@H]3C=C[C@@H]2C3)cc(C(=O)OCC)c1. The van der Waals surface area contributed by atoms with Gasteiger partial charge in [-0.15, -0.1) is 0 Å². The van der Waals surface area contributed by atoms with Gasteiger partial charge in [-0.3, -0.25) is 9.59 Å². The van der Waals surface area contributed by atoms with Gasteiger partial charge in [-0.25, -0.2) is 9.59 Å². The topological polar surface area (TPSA) is 119 Å². The van der Waals surface area contributed by atoms with Gasteiger partial charge in [-0.2, -0.15) is 0 Å². The minimum Gasteiger partial charge on any atom is -0.481 e. The summed E-state index contributed by atoms with van der Waals surface area (Å²) in [6.45, 7) is 3.62. The standard InChI is InChI=1S/C21H23NO7/c1-3-28-20(26)13-8-14(21(27)29-4-2)10-15(9-13)22-18(23)16-11-5-6-12(7-11)17(16)19(24)25/h5-6,8-12,16-17H,3-4,7H2,1-2H3,(H,22,23)(H,24,25)/t11-,12+,16+,17+/m1/s1. The van der Waals surface area contributed by atoms with Gasteiger partial charge in [0.15, 0.2) is 0 Å². The van der Waals surface area contributed by atoms with Crippen LogP contribution in [0.2, 0.25) is 0 Å². The average Bonchev–Trinajstić information content (AvgIpc) is 3.29. The molecule has 0 radical (unpaired) electrons. The van der Waals surface area contributed by atoms with Crippen LogP contribution in [0.1, 0.15) is 41.0 Å². The Labute approximate surface area is 167 Å². The highest BCUT2D eigenvalue weighted by molar-refractivity contribution is 6.01. The van der Waals surface area contributed by atoms with E-state index in [0.717, 1.165) is 0 Å². The number of allylic oxidation sites excluding steroid dienone is 2. The van der Waals surface area contributed by atoms with Crippen LogP contribution < -0.4 is 5.32 Å². The van der Waals surface area contributed by atoms with Gasteiger partial charge in [0.05, 0.1) is 36.2 Å². The van der Waals surface area contributed by atoms with Crippen molar-refractivity contribution in [1.82, 2.24) is 0 Å². The molecule has 1 aromatic rings. The van der Waals surface area contributed by atoms with Crippen molar-refractivity contribution in [2.24, 2.45) is 23.7 Å². The van der Waals surface area contributed by atoms with E-state index in [1.807, 2.05) is 12.2 Å². The monoisotopic (exact) mass is 401 g/mol. The van der Waals surface area contributed by atoms with Crippen LogP contribution >= 0.6 is 0 Å². The van der Waals surface area contributed by atoms with Gasteiger partial charge in [-0.1, -0.05) is 12.2 Å². The first-order valence-corrected chi connectivity index (χ1v) is 9.57. The number of carbonyl (C=O) groups is 4. The molecule has 1 amide bonds. The molecule has 2 aliphatic carbocycles. The van der Waals surface area contributed by atoms with Crippen LogP contribution in [0.4, 0.5) is 5.69 Å². The molecule has 2 bridgehead atoms. The molecule has 1 aromatic carbocycles. The summed E-state index contributed by atoms with van der Waals surface area (Å²) in [4.78, 5) is 48.8. The van der Waals surface area contributed by atoms with Gasteiger partial charge in [0.1, 0.15) is 0 Å². The molecular formula is C21H23NO7. The maximum absolute atomic E-state index is 12.9. The maximum Gasteiger partial charge on any atom is 0.338 e. The van der Waals surface area contributed by atoms with E-state index in [1.165, 1.54) is 18.2 Å². The van der Waals surface area contributed by atoms with E-state index in [1.54, 1.807) is 13.8 Å². The van der Waals surface area contributed by atoms with Gasteiger partial charge >= 0.3 is 17.9 Å². The van der Waals surface area contributed by atoms with E-state index in [9.17, 15) is 24.3 Å². The van der Waals surface area contributed by atoms with Crippen LogP contribution in [0.25, 0.3) is 0 Å². The molecule has 0 unspecified atom stereocenters. The van der Waals surface area contributed by atoms with Crippen molar-refractivity contribution in [2.45, 2.75) is 20.3 Å². The lowest BCUT2D eigenvalue weighted by molar-refractivity contribution is -0.146. The predicted octanol–water partition coefficient (Wildman–Crippen LogP) is 2.50. The van der Waals surface area contributed by atoms with Crippen molar-refractivity contribution in [2.75, 3.05) is 18.5 Å². The Morgan fingerprint density at radius 1 is 0.931 bits per heavy atom. The van der Waals surface area contributed by atoms with E-state index < -0.39 is 35.7 Å². The normalized spacial score (nSPS) is 24.2. The van der Waals surface area contributed by atoms with Crippen LogP contribution in [0.3, 0.4) is 0 Å². The highest BCUT2D eigenvalue weighted by Gasteiger charge is 2.51. The highest BCUT2D eigenvalue weighted by Crippen LogP contribution is 2.48. The van der Waals surface area contributed by atoms with Gasteiger partial charge in [0.25, 0.3) is 0 Å². The largest absolute Gasteiger partial charge is 0.481 e. The Hall–Kier alpha value is -3.16. The molecule has 0 aliphatic heterocycles. The molecule has 0 aromatic heterocycles. The third-order valence-electron chi connectivity index (χ3n) is 5.27. The van der Waals surface area contributed by atoms with E-state index in [0.29, 0.717) is 6.42 Å². The van der Waals surface area contributed by atoms with Crippen LogP contribution in [-0.4, -0.2) is 42.1 Å². The van der Waals surface area contributed by atoms with E-state index >= 15 is 0 Å². The van der Waals surface area contributed by atoms with Crippen molar-refractivity contribution < 1.29 is 33.8 Å². The summed E-state index contributed by atoms with van der Waals surface area (Å²) in [6, 6.07) is 4.14. The van der Waals surface area contributed by atoms with Gasteiger partial charge in [0, 0.05) is 5.69 Å². The number of benzene rings is 1. The number of fused-ring (bicyclic) bond motifs is 2. The summed E-state index contributed by atoms with van der Waals surface area (Å²) < 4.78 is 9.96. The van der Waals surface area contributed by atoms with Crippen molar-refractivity contribution >= 4 is 29.5 Å². The Bertz CT molecular complexity index is 840. The number of carbonyl (C=O) groups excluding carboxylic acids is 3. The highest BCUT2D eigenvalue weighted by atomic mass is 16.5. The zero-order valence-corrected chi connectivity index (χ0v) is 16.2. The fourth-order valence-electron chi connectivity index (χ4n) is 4.11.